The highest BCUT2D eigenvalue weighted by atomic mass is 32.2. The highest BCUT2D eigenvalue weighted by molar-refractivity contribution is 7.93. The summed E-state index contributed by atoms with van der Waals surface area (Å²) in [7, 11) is -3.95. The van der Waals surface area contributed by atoms with Crippen LogP contribution in [0.3, 0.4) is 0 Å². The molecule has 0 unspecified atom stereocenters. The fourth-order valence-corrected chi connectivity index (χ4v) is 4.84. The van der Waals surface area contributed by atoms with Gasteiger partial charge in [-0.05, 0) is 47.5 Å². The normalized spacial score (nSPS) is 11.1. The van der Waals surface area contributed by atoms with Crippen LogP contribution in [0, 0.1) is 17.1 Å². The van der Waals surface area contributed by atoms with Crippen molar-refractivity contribution >= 4 is 26.5 Å². The van der Waals surface area contributed by atoms with Crippen LogP contribution in [0.1, 0.15) is 11.1 Å². The van der Waals surface area contributed by atoms with Crippen molar-refractivity contribution in [1.29, 1.82) is 5.26 Å². The first-order chi connectivity index (χ1) is 15.9. The SMILES string of the molecule is N#Cc1cc(S(=O)(=O)Nc2nccs2)ccc1Oc1ccc(F)cc1-c1ccc(CO)cc1. The van der Waals surface area contributed by atoms with Gasteiger partial charge in [0.15, 0.2) is 5.13 Å². The van der Waals surface area contributed by atoms with Crippen molar-refractivity contribution in [1.82, 2.24) is 4.98 Å². The van der Waals surface area contributed by atoms with Gasteiger partial charge >= 0.3 is 0 Å². The van der Waals surface area contributed by atoms with E-state index in [1.165, 1.54) is 42.6 Å². The maximum Gasteiger partial charge on any atom is 0.263 e. The molecule has 1 heterocycles. The van der Waals surface area contributed by atoms with Crippen LogP contribution in [0.2, 0.25) is 0 Å². The van der Waals surface area contributed by atoms with E-state index in [-0.39, 0.29) is 33.7 Å². The number of nitrogens with one attached hydrogen (secondary N) is 1. The molecule has 0 saturated carbocycles. The van der Waals surface area contributed by atoms with E-state index in [0.29, 0.717) is 16.7 Å². The van der Waals surface area contributed by atoms with Crippen LogP contribution in [0.5, 0.6) is 11.5 Å². The molecule has 7 nitrogen and oxygen atoms in total. The van der Waals surface area contributed by atoms with Crippen molar-refractivity contribution in [2.24, 2.45) is 0 Å². The highest BCUT2D eigenvalue weighted by Crippen LogP contribution is 2.36. The summed E-state index contributed by atoms with van der Waals surface area (Å²) >= 11 is 1.13. The molecule has 0 spiro atoms. The predicted octanol–water partition coefficient (Wildman–Crippen LogP) is 4.91. The van der Waals surface area contributed by atoms with Crippen LogP contribution in [0.25, 0.3) is 11.1 Å². The number of ether oxygens (including phenoxy) is 1. The second kappa shape index (κ2) is 9.38. The third-order valence-corrected chi connectivity index (χ3v) is 6.80. The lowest BCUT2D eigenvalue weighted by Crippen LogP contribution is -2.13. The number of aliphatic hydroxyl groups is 1. The zero-order valence-corrected chi connectivity index (χ0v) is 18.5. The number of benzene rings is 3. The highest BCUT2D eigenvalue weighted by Gasteiger charge is 2.19. The molecule has 3 aromatic carbocycles. The van der Waals surface area contributed by atoms with Crippen LogP contribution in [0.15, 0.2) is 77.1 Å². The Hall–Kier alpha value is -3.78. The van der Waals surface area contributed by atoms with Crippen LogP contribution in [0.4, 0.5) is 9.52 Å². The molecule has 0 fully saturated rings. The number of aliphatic hydroxyl groups excluding tert-OH is 1. The summed E-state index contributed by atoms with van der Waals surface area (Å²) < 4.78 is 47.5. The minimum atomic E-state index is -3.95. The Labute approximate surface area is 193 Å². The second-order valence-corrected chi connectivity index (χ2v) is 9.39. The summed E-state index contributed by atoms with van der Waals surface area (Å²) in [4.78, 5) is 3.77. The molecule has 10 heteroatoms. The van der Waals surface area contributed by atoms with Gasteiger partial charge in [0.1, 0.15) is 23.4 Å². The molecule has 0 saturated heterocycles. The second-order valence-electron chi connectivity index (χ2n) is 6.81. The molecule has 4 aromatic rings. The van der Waals surface area contributed by atoms with Gasteiger partial charge in [-0.1, -0.05) is 24.3 Å². The molecule has 33 heavy (non-hydrogen) atoms. The summed E-state index contributed by atoms with van der Waals surface area (Å²) in [6, 6.07) is 16.6. The van der Waals surface area contributed by atoms with E-state index in [4.69, 9.17) is 4.74 Å². The molecule has 0 aliphatic rings. The Morgan fingerprint density at radius 1 is 1.09 bits per heavy atom. The number of halogens is 1. The van der Waals surface area contributed by atoms with Gasteiger partial charge in [-0.25, -0.2) is 17.8 Å². The van der Waals surface area contributed by atoms with Crippen LogP contribution in [-0.2, 0) is 16.6 Å². The maximum absolute atomic E-state index is 14.0. The molecule has 0 aliphatic heterocycles. The van der Waals surface area contributed by atoms with Gasteiger partial charge in [-0.15, -0.1) is 11.3 Å². The standard InChI is InChI=1S/C23H16FN3O4S2/c24-18-5-7-22(20(12-18)16-3-1-15(14-28)2-4-16)31-21-8-6-19(11-17(21)13-25)33(29,30)27-23-26-9-10-32-23/h1-12,28H,14H2,(H,26,27). The first-order valence-electron chi connectivity index (χ1n) is 9.53. The zero-order chi connectivity index (χ0) is 23.4. The number of nitriles is 1. The molecule has 2 N–H and O–H groups in total. The van der Waals surface area contributed by atoms with E-state index in [1.807, 2.05) is 6.07 Å². The Morgan fingerprint density at radius 3 is 2.52 bits per heavy atom. The third kappa shape index (κ3) is 5.01. The summed E-state index contributed by atoms with van der Waals surface area (Å²) in [5.41, 5.74) is 1.77. The monoisotopic (exact) mass is 481 g/mol. The number of sulfonamides is 1. The first kappa shape index (κ1) is 22.4. The Balaban J connectivity index is 1.68. The molecule has 1 aromatic heterocycles. The Kier molecular flexibility index (Phi) is 6.37. The van der Waals surface area contributed by atoms with E-state index in [2.05, 4.69) is 9.71 Å². The number of rotatable bonds is 7. The van der Waals surface area contributed by atoms with E-state index in [0.717, 1.165) is 11.3 Å². The van der Waals surface area contributed by atoms with E-state index < -0.39 is 15.8 Å². The fraction of sp³-hybridized carbons (Fsp3) is 0.0435. The van der Waals surface area contributed by atoms with Crippen molar-refractivity contribution in [3.63, 3.8) is 0 Å². The van der Waals surface area contributed by atoms with E-state index >= 15 is 0 Å². The molecule has 4 rings (SSSR count). The van der Waals surface area contributed by atoms with Crippen LogP contribution in [-0.4, -0.2) is 18.5 Å². The number of hydrogen-bond donors (Lipinski definition) is 2. The molecule has 166 valence electrons. The molecular weight excluding hydrogens is 465 g/mol. The lowest BCUT2D eigenvalue weighted by Gasteiger charge is -2.14. The number of aromatic nitrogens is 1. The summed E-state index contributed by atoms with van der Waals surface area (Å²) in [6.07, 6.45) is 1.47. The van der Waals surface area contributed by atoms with Gasteiger partial charge < -0.3 is 9.84 Å². The van der Waals surface area contributed by atoms with Crippen molar-refractivity contribution in [3.8, 4) is 28.7 Å². The quantitative estimate of drug-likeness (QED) is 0.388. The van der Waals surface area contributed by atoms with Crippen molar-refractivity contribution in [3.05, 3.63) is 89.2 Å². The molecule has 0 aliphatic carbocycles. The minimum Gasteiger partial charge on any atom is -0.455 e. The number of nitrogens with zero attached hydrogens (tertiary/aromatic N) is 2. The number of hydrogen-bond acceptors (Lipinski definition) is 7. The molecule has 0 amide bonds. The lowest BCUT2D eigenvalue weighted by atomic mass is 10.0. The average molecular weight is 482 g/mol. The van der Waals surface area contributed by atoms with Crippen molar-refractivity contribution in [2.75, 3.05) is 4.72 Å². The topological polar surface area (TPSA) is 112 Å². The molecule has 0 atom stereocenters. The van der Waals surface area contributed by atoms with Gasteiger partial charge in [0.2, 0.25) is 0 Å². The Bertz CT molecular complexity index is 1430. The van der Waals surface area contributed by atoms with Crippen molar-refractivity contribution < 1.29 is 22.7 Å². The smallest absolute Gasteiger partial charge is 0.263 e. The Morgan fingerprint density at radius 2 is 1.85 bits per heavy atom. The maximum atomic E-state index is 14.0. The third-order valence-electron chi connectivity index (χ3n) is 4.64. The van der Waals surface area contributed by atoms with E-state index in [1.54, 1.807) is 29.6 Å². The fourth-order valence-electron chi connectivity index (χ4n) is 3.03. The molecule has 0 bridgehead atoms. The largest absolute Gasteiger partial charge is 0.455 e. The molecule has 0 radical (unpaired) electrons. The van der Waals surface area contributed by atoms with Gasteiger partial charge in [0.05, 0.1) is 17.1 Å². The van der Waals surface area contributed by atoms with Gasteiger partial charge in [-0.2, -0.15) is 5.26 Å². The first-order valence-corrected chi connectivity index (χ1v) is 11.9. The lowest BCUT2D eigenvalue weighted by molar-refractivity contribution is 0.282. The molecular formula is C23H16FN3O4S2. The van der Waals surface area contributed by atoms with Gasteiger partial charge in [0, 0.05) is 17.1 Å². The number of thiazole rings is 1. The number of anilines is 1. The summed E-state index contributed by atoms with van der Waals surface area (Å²) in [6.45, 7) is -0.120. The summed E-state index contributed by atoms with van der Waals surface area (Å²) in [5.74, 6) is -0.0782. The van der Waals surface area contributed by atoms with Gasteiger partial charge in [0.25, 0.3) is 10.0 Å². The van der Waals surface area contributed by atoms with Crippen molar-refractivity contribution in [2.45, 2.75) is 11.5 Å². The minimum absolute atomic E-state index is 0.0112. The van der Waals surface area contributed by atoms with Gasteiger partial charge in [-0.3, -0.25) is 4.72 Å². The predicted molar refractivity (Wildman–Crippen MR) is 122 cm³/mol. The van der Waals surface area contributed by atoms with E-state index in [9.17, 15) is 23.2 Å². The van der Waals surface area contributed by atoms with Crippen LogP contribution < -0.4 is 9.46 Å². The zero-order valence-electron chi connectivity index (χ0n) is 16.9. The van der Waals surface area contributed by atoms with Crippen LogP contribution >= 0.6 is 11.3 Å². The summed E-state index contributed by atoms with van der Waals surface area (Å²) in [5, 5.41) is 20.7. The average Bonchev–Trinajstić information content (AvgIpc) is 3.32.